The quantitative estimate of drug-likeness (QED) is 0.273. The van der Waals surface area contributed by atoms with Crippen molar-refractivity contribution < 1.29 is 9.59 Å². The monoisotopic (exact) mass is 599 g/mol. The fourth-order valence-electron chi connectivity index (χ4n) is 5.14. The van der Waals surface area contributed by atoms with Gasteiger partial charge >= 0.3 is 0 Å². The lowest BCUT2D eigenvalue weighted by atomic mass is 9.82. The number of halogens is 1. The van der Waals surface area contributed by atoms with Crippen LogP contribution in [0.3, 0.4) is 0 Å². The fraction of sp³-hybridized carbons (Fsp3) is 0.226. The van der Waals surface area contributed by atoms with Crippen LogP contribution in [-0.2, 0) is 22.4 Å². The molecule has 3 aromatic rings. The molecule has 206 valence electrons. The summed E-state index contributed by atoms with van der Waals surface area (Å²) in [5, 5.41) is 30.6. The summed E-state index contributed by atoms with van der Waals surface area (Å²) >= 11 is 9.25. The third-order valence-corrected chi connectivity index (χ3v) is 9.59. The van der Waals surface area contributed by atoms with Crippen LogP contribution in [0.15, 0.2) is 76.5 Å². The number of aryl methyl sites for hydroxylation is 1. The van der Waals surface area contributed by atoms with Crippen LogP contribution in [0.1, 0.15) is 47.3 Å². The van der Waals surface area contributed by atoms with Gasteiger partial charge in [-0.05, 0) is 61.9 Å². The Morgan fingerprint density at radius 1 is 1.05 bits per heavy atom. The first-order chi connectivity index (χ1) is 19.9. The van der Waals surface area contributed by atoms with Crippen LogP contribution >= 0.6 is 34.7 Å². The molecule has 5 rings (SSSR count). The molecule has 0 saturated carbocycles. The number of amides is 2. The molecule has 7 nitrogen and oxygen atoms in total. The molecule has 1 unspecified atom stereocenters. The maximum Gasteiger partial charge on any atom is 0.254 e. The van der Waals surface area contributed by atoms with Gasteiger partial charge in [0.25, 0.3) is 5.91 Å². The summed E-state index contributed by atoms with van der Waals surface area (Å²) in [6.07, 6.45) is 3.92. The molecule has 41 heavy (non-hydrogen) atoms. The van der Waals surface area contributed by atoms with E-state index in [0.29, 0.717) is 48.7 Å². The smallest absolute Gasteiger partial charge is 0.254 e. The molecular weight excluding hydrogens is 574 g/mol. The molecule has 0 fully saturated rings. The van der Waals surface area contributed by atoms with E-state index < -0.39 is 5.92 Å². The summed E-state index contributed by atoms with van der Waals surface area (Å²) in [7, 11) is 0. The molecule has 1 aliphatic heterocycles. The number of rotatable bonds is 7. The fourth-order valence-corrected chi connectivity index (χ4v) is 7.53. The zero-order valence-electron chi connectivity index (χ0n) is 22.2. The Bertz CT molecular complexity index is 1660. The number of carbonyl (C=O) groups excluding carboxylic acids is 2. The van der Waals surface area contributed by atoms with Gasteiger partial charge in [0.05, 0.1) is 33.9 Å². The molecule has 1 atom stereocenters. The number of allylic oxidation sites excluding steroid dienone is 2. The van der Waals surface area contributed by atoms with Crippen molar-refractivity contribution in [1.29, 1.82) is 10.5 Å². The van der Waals surface area contributed by atoms with Crippen LogP contribution in [0.25, 0.3) is 0 Å². The van der Waals surface area contributed by atoms with Gasteiger partial charge in [0.1, 0.15) is 11.1 Å². The summed E-state index contributed by atoms with van der Waals surface area (Å²) in [5.74, 6) is -1.36. The van der Waals surface area contributed by atoms with Gasteiger partial charge in [-0.25, -0.2) is 0 Å². The zero-order chi connectivity index (χ0) is 28.9. The first-order valence-electron chi connectivity index (χ1n) is 13.1. The number of hydrogen-bond acceptors (Lipinski definition) is 7. The molecule has 10 heteroatoms. The zero-order valence-corrected chi connectivity index (χ0v) is 24.6. The van der Waals surface area contributed by atoms with Gasteiger partial charge in [0.15, 0.2) is 0 Å². The first-order valence-corrected chi connectivity index (χ1v) is 15.3. The molecule has 2 heterocycles. The molecular formula is C31H26ClN5O2S2. The summed E-state index contributed by atoms with van der Waals surface area (Å²) in [6.45, 7) is 1.77. The SMILES string of the molecule is CC1=C(C(=O)Nc2ccccc2)C(c2ccccc2Cl)C(C#N)=C(SCC(=O)Nc2sc3c(c2C#N)CCCC3)N1. The second-order valence-electron chi connectivity index (χ2n) is 9.66. The van der Waals surface area contributed by atoms with Crippen molar-refractivity contribution in [2.45, 2.75) is 38.5 Å². The van der Waals surface area contributed by atoms with E-state index in [1.54, 1.807) is 37.3 Å². The van der Waals surface area contributed by atoms with Crippen LogP contribution in [0, 0.1) is 22.7 Å². The van der Waals surface area contributed by atoms with E-state index in [-0.39, 0.29) is 17.6 Å². The van der Waals surface area contributed by atoms with Gasteiger partial charge in [0.2, 0.25) is 5.91 Å². The Balaban J connectivity index is 1.41. The number of nitrogens with one attached hydrogen (secondary N) is 3. The lowest BCUT2D eigenvalue weighted by Crippen LogP contribution is -2.31. The number of nitrogens with zero attached hydrogens (tertiary/aromatic N) is 2. The van der Waals surface area contributed by atoms with Crippen LogP contribution < -0.4 is 16.0 Å². The first kappa shape index (κ1) is 28.5. The number of dihydropyridines is 1. The predicted octanol–water partition coefficient (Wildman–Crippen LogP) is 6.86. The van der Waals surface area contributed by atoms with Crippen molar-refractivity contribution in [3.8, 4) is 12.1 Å². The molecule has 3 N–H and O–H groups in total. The minimum absolute atomic E-state index is 0.00894. The number of anilines is 2. The molecule has 1 aliphatic carbocycles. The van der Waals surface area contributed by atoms with Crippen molar-refractivity contribution in [2.24, 2.45) is 0 Å². The van der Waals surface area contributed by atoms with Crippen molar-refractivity contribution in [3.63, 3.8) is 0 Å². The Hall–Kier alpha value is -4.02. The van der Waals surface area contributed by atoms with E-state index >= 15 is 0 Å². The van der Waals surface area contributed by atoms with Gasteiger partial charge in [0, 0.05) is 26.9 Å². The average Bonchev–Trinajstić information content (AvgIpc) is 3.33. The lowest BCUT2D eigenvalue weighted by Gasteiger charge is -2.30. The maximum atomic E-state index is 13.6. The summed E-state index contributed by atoms with van der Waals surface area (Å²) in [4.78, 5) is 27.8. The third kappa shape index (κ3) is 6.03. The van der Waals surface area contributed by atoms with Gasteiger partial charge in [-0.2, -0.15) is 10.5 Å². The molecule has 0 saturated heterocycles. The van der Waals surface area contributed by atoms with E-state index in [4.69, 9.17) is 11.6 Å². The normalized spacial score (nSPS) is 16.2. The van der Waals surface area contributed by atoms with Crippen molar-refractivity contribution in [2.75, 3.05) is 16.4 Å². The highest BCUT2D eigenvalue weighted by atomic mass is 35.5. The van der Waals surface area contributed by atoms with Crippen molar-refractivity contribution in [1.82, 2.24) is 5.32 Å². The number of para-hydroxylation sites is 1. The van der Waals surface area contributed by atoms with Gasteiger partial charge in [-0.3, -0.25) is 9.59 Å². The molecule has 1 aromatic heterocycles. The molecule has 2 aromatic carbocycles. The van der Waals surface area contributed by atoms with Crippen LogP contribution in [-0.4, -0.2) is 17.6 Å². The van der Waals surface area contributed by atoms with E-state index in [9.17, 15) is 20.1 Å². The number of fused-ring (bicyclic) bond motifs is 1. The summed E-state index contributed by atoms with van der Waals surface area (Å²) < 4.78 is 0. The average molecular weight is 600 g/mol. The predicted molar refractivity (Wildman–Crippen MR) is 165 cm³/mol. The largest absolute Gasteiger partial charge is 0.353 e. The Labute approximate surface area is 251 Å². The van der Waals surface area contributed by atoms with Gasteiger partial charge < -0.3 is 16.0 Å². The highest BCUT2D eigenvalue weighted by Gasteiger charge is 2.36. The highest BCUT2D eigenvalue weighted by Crippen LogP contribution is 2.43. The standard InChI is InChI=1S/C31H26ClN5O2S2/c1-18-27(29(39)36-19-9-3-2-4-10-19)28(21-12-5-7-13-24(21)32)23(16-34)30(35-18)40-17-26(38)37-31-22(15-33)20-11-6-8-14-25(20)41-31/h2-5,7,9-10,12-13,28,35H,6,8,11,14,17H2,1H3,(H,36,39)(H,37,38). The van der Waals surface area contributed by atoms with E-state index in [1.807, 2.05) is 24.3 Å². The second-order valence-corrected chi connectivity index (χ2v) is 12.2. The maximum absolute atomic E-state index is 13.6. The van der Waals surface area contributed by atoms with Crippen molar-refractivity contribution in [3.05, 3.63) is 103 Å². The topological polar surface area (TPSA) is 118 Å². The Morgan fingerprint density at radius 2 is 1.78 bits per heavy atom. The molecule has 0 spiro atoms. The van der Waals surface area contributed by atoms with Crippen molar-refractivity contribution >= 4 is 57.2 Å². The van der Waals surface area contributed by atoms with Crippen LogP contribution in [0.2, 0.25) is 5.02 Å². The number of nitriles is 2. The molecule has 0 radical (unpaired) electrons. The summed E-state index contributed by atoms with van der Waals surface area (Å²) in [5.41, 5.74) is 4.08. The minimum Gasteiger partial charge on any atom is -0.353 e. The highest BCUT2D eigenvalue weighted by molar-refractivity contribution is 8.03. The van der Waals surface area contributed by atoms with Crippen LogP contribution in [0.5, 0.6) is 0 Å². The van der Waals surface area contributed by atoms with E-state index in [2.05, 4.69) is 28.1 Å². The second kappa shape index (κ2) is 12.7. The number of benzene rings is 2. The molecule has 0 bridgehead atoms. The number of hydrogen-bond donors (Lipinski definition) is 3. The number of carbonyl (C=O) groups is 2. The van der Waals surface area contributed by atoms with E-state index in [0.717, 1.165) is 31.2 Å². The molecule has 2 amide bonds. The lowest BCUT2D eigenvalue weighted by molar-refractivity contribution is -0.114. The number of thioether (sulfide) groups is 1. The van der Waals surface area contributed by atoms with Crippen LogP contribution in [0.4, 0.5) is 10.7 Å². The van der Waals surface area contributed by atoms with Gasteiger partial charge in [-0.15, -0.1) is 11.3 Å². The Morgan fingerprint density at radius 3 is 2.51 bits per heavy atom. The summed E-state index contributed by atoms with van der Waals surface area (Å²) in [6, 6.07) is 20.8. The third-order valence-electron chi connectivity index (χ3n) is 7.02. The van der Waals surface area contributed by atoms with Gasteiger partial charge in [-0.1, -0.05) is 59.8 Å². The minimum atomic E-state index is -0.738. The van der Waals surface area contributed by atoms with E-state index in [1.165, 1.54) is 28.0 Å². The Kier molecular flexibility index (Phi) is 8.80. The molecule has 2 aliphatic rings. The number of thiophene rings is 1.